The number of hydrogen-bond donors (Lipinski definition) is 1. The lowest BCUT2D eigenvalue weighted by Gasteiger charge is -2.25. The van der Waals surface area contributed by atoms with Crippen molar-refractivity contribution in [2.45, 2.75) is 26.2 Å². The summed E-state index contributed by atoms with van der Waals surface area (Å²) in [7, 11) is 0. The van der Waals surface area contributed by atoms with Gasteiger partial charge in [-0.15, -0.1) is 0 Å². The average molecular weight is 440 g/mol. The van der Waals surface area contributed by atoms with Crippen LogP contribution in [0.15, 0.2) is 48.5 Å². The van der Waals surface area contributed by atoms with E-state index in [0.29, 0.717) is 37.2 Å². The van der Waals surface area contributed by atoms with Gasteiger partial charge in [0.1, 0.15) is 0 Å². The van der Waals surface area contributed by atoms with E-state index in [9.17, 15) is 29.8 Å². The van der Waals surface area contributed by atoms with E-state index in [1.54, 1.807) is 29.2 Å². The molecule has 0 spiro atoms. The number of amides is 2. The number of benzene rings is 2. The first-order chi connectivity index (χ1) is 15.1. The van der Waals surface area contributed by atoms with Gasteiger partial charge in [-0.1, -0.05) is 31.2 Å². The highest BCUT2D eigenvalue weighted by Crippen LogP contribution is 2.30. The van der Waals surface area contributed by atoms with Gasteiger partial charge in [0.05, 0.1) is 22.7 Å². The molecule has 0 radical (unpaired) electrons. The predicted molar refractivity (Wildman–Crippen MR) is 116 cm³/mol. The summed E-state index contributed by atoms with van der Waals surface area (Å²) in [6, 6.07) is 12.0. The molecule has 1 fully saturated rings. The van der Waals surface area contributed by atoms with E-state index in [1.807, 2.05) is 6.92 Å². The Labute approximate surface area is 184 Å². The normalized spacial score (nSPS) is 17.7. The first-order valence-electron chi connectivity index (χ1n) is 10.2. The third kappa shape index (κ3) is 5.87. The van der Waals surface area contributed by atoms with E-state index in [0.717, 1.165) is 0 Å². The fourth-order valence-electron chi connectivity index (χ4n) is 3.79. The van der Waals surface area contributed by atoms with Gasteiger partial charge in [0.25, 0.3) is 11.4 Å². The highest BCUT2D eigenvalue weighted by molar-refractivity contribution is 5.80. The average Bonchev–Trinajstić information content (AvgIpc) is 3.15. The molecule has 0 unspecified atom stereocenters. The Morgan fingerprint density at radius 2 is 1.56 bits per heavy atom. The van der Waals surface area contributed by atoms with Gasteiger partial charge in [-0.2, -0.15) is 0 Å². The van der Waals surface area contributed by atoms with Gasteiger partial charge in [0.2, 0.25) is 11.8 Å². The van der Waals surface area contributed by atoms with Gasteiger partial charge in [0.15, 0.2) is 0 Å². The van der Waals surface area contributed by atoms with Crippen molar-refractivity contribution in [3.63, 3.8) is 0 Å². The summed E-state index contributed by atoms with van der Waals surface area (Å²) < 4.78 is 0. The maximum atomic E-state index is 12.7. The molecule has 32 heavy (non-hydrogen) atoms. The molecule has 1 N–H and O–H groups in total. The topological polar surface area (TPSA) is 136 Å². The van der Waals surface area contributed by atoms with Gasteiger partial charge in [0, 0.05) is 49.3 Å². The van der Waals surface area contributed by atoms with Crippen LogP contribution in [0.1, 0.15) is 24.5 Å². The van der Waals surface area contributed by atoms with E-state index in [-0.39, 0.29) is 41.4 Å². The lowest BCUT2D eigenvalue weighted by molar-refractivity contribution is -0.385. The minimum Gasteiger partial charge on any atom is -0.355 e. The molecular weight excluding hydrogens is 416 g/mol. The fraction of sp³-hybridized carbons (Fsp3) is 0.364. The van der Waals surface area contributed by atoms with Crippen molar-refractivity contribution in [3.8, 4) is 0 Å². The maximum Gasteiger partial charge on any atom is 0.269 e. The van der Waals surface area contributed by atoms with Crippen molar-refractivity contribution in [3.05, 3.63) is 79.9 Å². The Morgan fingerprint density at radius 1 is 1.00 bits per heavy atom. The summed E-state index contributed by atoms with van der Waals surface area (Å²) >= 11 is 0. The molecule has 2 amide bonds. The van der Waals surface area contributed by atoms with Crippen LogP contribution in [0.5, 0.6) is 0 Å². The highest BCUT2D eigenvalue weighted by atomic mass is 16.6. The largest absolute Gasteiger partial charge is 0.355 e. The van der Waals surface area contributed by atoms with Crippen LogP contribution in [-0.2, 0) is 22.4 Å². The monoisotopic (exact) mass is 440 g/mol. The number of hydrogen-bond acceptors (Lipinski definition) is 6. The minimum atomic E-state index is -0.500. The van der Waals surface area contributed by atoms with Crippen molar-refractivity contribution in [2.75, 3.05) is 19.6 Å². The Bertz CT molecular complexity index is 1060. The van der Waals surface area contributed by atoms with Crippen LogP contribution >= 0.6 is 0 Å². The van der Waals surface area contributed by atoms with Crippen LogP contribution < -0.4 is 5.32 Å². The van der Waals surface area contributed by atoms with E-state index < -0.39 is 9.85 Å². The molecule has 1 atom stereocenters. The van der Waals surface area contributed by atoms with Crippen molar-refractivity contribution < 1.29 is 19.4 Å². The summed E-state index contributed by atoms with van der Waals surface area (Å²) in [6.07, 6.45) is 0.828. The van der Waals surface area contributed by atoms with Crippen molar-refractivity contribution >= 4 is 23.2 Å². The number of nitro groups is 2. The number of nitrogens with zero attached hydrogens (tertiary/aromatic N) is 3. The molecule has 1 heterocycles. The molecule has 0 bridgehead atoms. The molecule has 2 aromatic carbocycles. The molecule has 0 aliphatic carbocycles. The molecular formula is C22H24N4O6. The van der Waals surface area contributed by atoms with E-state index in [1.165, 1.54) is 24.3 Å². The zero-order valence-electron chi connectivity index (χ0n) is 17.7. The number of non-ortho nitro benzene ring substituents is 2. The quantitative estimate of drug-likeness (QED) is 0.495. The first kappa shape index (κ1) is 22.9. The van der Waals surface area contributed by atoms with Crippen molar-refractivity contribution in [2.24, 2.45) is 5.41 Å². The van der Waals surface area contributed by atoms with Gasteiger partial charge in [-0.3, -0.25) is 29.8 Å². The number of carbonyl (C=O) groups excluding carboxylic acids is 2. The SMILES string of the molecule is C[C@@]1(CNC(=O)Cc2cccc([N+](=O)[O-])c2)CCN(C(=O)Cc2cccc([N+](=O)[O-])c2)C1. The van der Waals surface area contributed by atoms with Crippen molar-refractivity contribution in [1.82, 2.24) is 10.2 Å². The van der Waals surface area contributed by atoms with Gasteiger partial charge >= 0.3 is 0 Å². The van der Waals surface area contributed by atoms with E-state index in [4.69, 9.17) is 0 Å². The van der Waals surface area contributed by atoms with Crippen LogP contribution in [0.25, 0.3) is 0 Å². The second-order valence-electron chi connectivity index (χ2n) is 8.36. The fourth-order valence-corrected chi connectivity index (χ4v) is 3.79. The lowest BCUT2D eigenvalue weighted by Crippen LogP contribution is -2.39. The Balaban J connectivity index is 1.51. The summed E-state index contributed by atoms with van der Waals surface area (Å²) in [4.78, 5) is 47.5. The number of rotatable bonds is 8. The van der Waals surface area contributed by atoms with Crippen LogP contribution in [0, 0.1) is 25.6 Å². The highest BCUT2D eigenvalue weighted by Gasteiger charge is 2.36. The number of nitrogens with one attached hydrogen (secondary N) is 1. The van der Waals surface area contributed by atoms with E-state index in [2.05, 4.69) is 5.32 Å². The third-order valence-corrected chi connectivity index (χ3v) is 5.59. The molecule has 1 saturated heterocycles. The summed E-state index contributed by atoms with van der Waals surface area (Å²) in [5, 5.41) is 24.7. The zero-order chi connectivity index (χ0) is 23.3. The molecule has 10 nitrogen and oxygen atoms in total. The second kappa shape index (κ2) is 9.54. The number of likely N-dealkylation sites (tertiary alicyclic amines) is 1. The first-order valence-corrected chi connectivity index (χ1v) is 10.2. The predicted octanol–water partition coefficient (Wildman–Crippen LogP) is 2.64. The molecule has 168 valence electrons. The number of nitro benzene ring substituents is 2. The molecule has 0 aromatic heterocycles. The Hall–Kier alpha value is -3.82. The number of carbonyl (C=O) groups is 2. The molecule has 10 heteroatoms. The zero-order valence-corrected chi connectivity index (χ0v) is 17.7. The lowest BCUT2D eigenvalue weighted by atomic mass is 9.89. The standard InChI is InChI=1S/C22H24N4O6/c1-22(14-23-20(27)12-16-4-2-6-18(10-16)25(29)30)8-9-24(15-22)21(28)13-17-5-3-7-19(11-17)26(31)32/h2-7,10-11H,8-9,12-15H2,1H3,(H,23,27)/t22-/m0/s1. The molecule has 3 rings (SSSR count). The van der Waals surface area contributed by atoms with Gasteiger partial charge in [-0.25, -0.2) is 0 Å². The van der Waals surface area contributed by atoms with Crippen LogP contribution in [0.3, 0.4) is 0 Å². The van der Waals surface area contributed by atoms with Crippen molar-refractivity contribution in [1.29, 1.82) is 0 Å². The summed E-state index contributed by atoms with van der Waals surface area (Å²) in [6.45, 7) is 3.38. The Morgan fingerprint density at radius 3 is 2.12 bits per heavy atom. The molecule has 1 aliphatic rings. The van der Waals surface area contributed by atoms with Crippen LogP contribution in [0.2, 0.25) is 0 Å². The minimum absolute atomic E-state index is 0.0349. The molecule has 2 aromatic rings. The van der Waals surface area contributed by atoms with E-state index >= 15 is 0 Å². The molecule has 0 saturated carbocycles. The van der Waals surface area contributed by atoms with Gasteiger partial charge in [-0.05, 0) is 17.5 Å². The summed E-state index contributed by atoms with van der Waals surface area (Å²) in [5.74, 6) is -0.356. The molecule has 1 aliphatic heterocycles. The maximum absolute atomic E-state index is 12.7. The van der Waals surface area contributed by atoms with Crippen LogP contribution in [-0.4, -0.2) is 46.2 Å². The summed E-state index contributed by atoms with van der Waals surface area (Å²) in [5.41, 5.74) is 0.741. The Kier molecular flexibility index (Phi) is 6.82. The van der Waals surface area contributed by atoms with Gasteiger partial charge < -0.3 is 10.2 Å². The third-order valence-electron chi connectivity index (χ3n) is 5.59. The van der Waals surface area contributed by atoms with Crippen LogP contribution in [0.4, 0.5) is 11.4 Å². The smallest absolute Gasteiger partial charge is 0.269 e. The second-order valence-corrected chi connectivity index (χ2v) is 8.36.